The van der Waals surface area contributed by atoms with Crippen molar-refractivity contribution in [1.29, 1.82) is 0 Å². The van der Waals surface area contributed by atoms with E-state index in [2.05, 4.69) is 17.2 Å². The molecule has 0 spiro atoms. The minimum atomic E-state index is -1.06. The van der Waals surface area contributed by atoms with Gasteiger partial charge in [-0.05, 0) is 0 Å². The molecule has 0 bridgehead atoms. The third-order valence-corrected chi connectivity index (χ3v) is 5.94. The van der Waals surface area contributed by atoms with Gasteiger partial charge < -0.3 is 0 Å². The summed E-state index contributed by atoms with van der Waals surface area (Å²) < 4.78 is 8.04. The first-order valence-corrected chi connectivity index (χ1v) is 8.07. The second-order valence-electron chi connectivity index (χ2n) is 2.75. The molecular formula is C8H17IN2O. The van der Waals surface area contributed by atoms with Crippen molar-refractivity contribution in [2.24, 2.45) is 0 Å². The summed E-state index contributed by atoms with van der Waals surface area (Å²) in [4.78, 5) is 0. The van der Waals surface area contributed by atoms with Crippen LogP contribution in [-0.2, 0) is 3.07 Å². The number of hydrogen-bond acceptors (Lipinski definition) is 3. The molecule has 1 rings (SSSR count). The average molecular weight is 284 g/mol. The maximum absolute atomic E-state index is 5.68. The van der Waals surface area contributed by atoms with E-state index in [0.717, 1.165) is 29.9 Å². The molecule has 0 saturated carbocycles. The number of halogens is 1. The Bertz CT molecular complexity index is 146. The number of nitrogens with one attached hydrogen (secondary N) is 2. The molecule has 0 aliphatic carbocycles. The summed E-state index contributed by atoms with van der Waals surface area (Å²) in [5, 5.41) is 6.60. The molecule has 72 valence electrons. The van der Waals surface area contributed by atoms with Crippen LogP contribution < -0.4 is 10.6 Å². The predicted octanol–water partition coefficient (Wildman–Crippen LogP) is 1.11. The van der Waals surface area contributed by atoms with Gasteiger partial charge in [-0.25, -0.2) is 0 Å². The third-order valence-electron chi connectivity index (χ3n) is 1.49. The van der Waals surface area contributed by atoms with Crippen LogP contribution in [0.25, 0.3) is 0 Å². The normalized spacial score (nSPS) is 20.6. The van der Waals surface area contributed by atoms with Gasteiger partial charge in [0.2, 0.25) is 0 Å². The Labute approximate surface area is 81.9 Å². The molecule has 2 N–H and O–H groups in total. The van der Waals surface area contributed by atoms with E-state index in [1.54, 1.807) is 0 Å². The molecule has 1 saturated heterocycles. The minimum absolute atomic E-state index is 0.915. The van der Waals surface area contributed by atoms with E-state index in [9.17, 15) is 0 Å². The van der Waals surface area contributed by atoms with Gasteiger partial charge in [0.25, 0.3) is 0 Å². The number of allylic oxidation sites excluding steroid dienone is 1. The first-order valence-electron chi connectivity index (χ1n) is 4.14. The topological polar surface area (TPSA) is 33.3 Å². The zero-order chi connectivity index (χ0) is 8.81. The van der Waals surface area contributed by atoms with Gasteiger partial charge >= 0.3 is 81.8 Å². The summed E-state index contributed by atoms with van der Waals surface area (Å²) in [6.45, 7) is 8.75. The third kappa shape index (κ3) is 4.27. The van der Waals surface area contributed by atoms with Crippen molar-refractivity contribution in [3.05, 3.63) is 12.3 Å². The van der Waals surface area contributed by atoms with Crippen LogP contribution in [0, 0.1) is 0 Å². The number of rotatable bonds is 4. The Morgan fingerprint density at radius 3 is 3.17 bits per heavy atom. The van der Waals surface area contributed by atoms with Gasteiger partial charge in [-0.2, -0.15) is 0 Å². The Morgan fingerprint density at radius 1 is 1.75 bits per heavy atom. The Morgan fingerprint density at radius 2 is 2.58 bits per heavy atom. The average Bonchev–Trinajstić information content (AvgIpc) is 2.05. The monoisotopic (exact) mass is 284 g/mol. The van der Waals surface area contributed by atoms with E-state index >= 15 is 0 Å². The molecule has 0 atom stereocenters. The van der Waals surface area contributed by atoms with E-state index in [0.29, 0.717) is 0 Å². The maximum atomic E-state index is 5.68. The van der Waals surface area contributed by atoms with E-state index in [-0.39, 0.29) is 0 Å². The van der Waals surface area contributed by atoms with E-state index in [1.165, 1.54) is 4.43 Å². The van der Waals surface area contributed by atoms with Gasteiger partial charge in [-0.3, -0.25) is 0 Å². The fourth-order valence-corrected chi connectivity index (χ4v) is 4.53. The molecule has 0 amide bonds. The van der Waals surface area contributed by atoms with Crippen molar-refractivity contribution >= 4 is 20.2 Å². The summed E-state index contributed by atoms with van der Waals surface area (Å²) in [5.41, 5.74) is 1.05. The molecule has 4 heteroatoms. The molecular weight excluding hydrogens is 267 g/mol. The van der Waals surface area contributed by atoms with Gasteiger partial charge in [0.1, 0.15) is 0 Å². The van der Waals surface area contributed by atoms with Crippen molar-refractivity contribution in [1.82, 2.24) is 10.6 Å². The first kappa shape index (κ1) is 10.3. The fourth-order valence-electron chi connectivity index (χ4n) is 0.918. The van der Waals surface area contributed by atoms with Crippen LogP contribution in [0.2, 0.25) is 0 Å². The van der Waals surface area contributed by atoms with E-state index in [4.69, 9.17) is 3.07 Å². The molecule has 1 heterocycles. The van der Waals surface area contributed by atoms with E-state index < -0.39 is 20.2 Å². The SMILES string of the molecule is C=C(C)NCCI1CNCCO1. The quantitative estimate of drug-likeness (QED) is 0.461. The van der Waals surface area contributed by atoms with Crippen molar-refractivity contribution in [2.75, 3.05) is 28.7 Å². The van der Waals surface area contributed by atoms with Gasteiger partial charge in [0, 0.05) is 0 Å². The summed E-state index contributed by atoms with van der Waals surface area (Å²) in [7, 11) is 0. The Hall–Kier alpha value is 0.190. The Balaban J connectivity index is 2.01. The van der Waals surface area contributed by atoms with Gasteiger partial charge in [0.05, 0.1) is 0 Å². The molecule has 0 aromatic carbocycles. The summed E-state index contributed by atoms with van der Waals surface area (Å²) in [6.07, 6.45) is 0. The van der Waals surface area contributed by atoms with Crippen LogP contribution >= 0.6 is 20.2 Å². The van der Waals surface area contributed by atoms with Gasteiger partial charge in [-0.15, -0.1) is 0 Å². The molecule has 0 radical (unpaired) electrons. The summed E-state index contributed by atoms with van der Waals surface area (Å²) in [5.74, 6) is 0. The summed E-state index contributed by atoms with van der Waals surface area (Å²) >= 11 is -1.06. The molecule has 12 heavy (non-hydrogen) atoms. The molecule has 0 unspecified atom stereocenters. The van der Waals surface area contributed by atoms with Crippen LogP contribution in [0.5, 0.6) is 0 Å². The second-order valence-corrected chi connectivity index (χ2v) is 7.54. The molecule has 0 aromatic rings. The molecule has 1 aliphatic rings. The zero-order valence-corrected chi connectivity index (χ0v) is 9.69. The Kier molecular flexibility index (Phi) is 4.94. The first-order chi connectivity index (χ1) is 5.79. The van der Waals surface area contributed by atoms with Crippen molar-refractivity contribution < 1.29 is 3.07 Å². The summed E-state index contributed by atoms with van der Waals surface area (Å²) in [6, 6.07) is 0. The number of alkyl halides is 2. The van der Waals surface area contributed by atoms with Gasteiger partial charge in [0.15, 0.2) is 0 Å². The van der Waals surface area contributed by atoms with Crippen LogP contribution in [0.3, 0.4) is 0 Å². The van der Waals surface area contributed by atoms with Crippen molar-refractivity contribution in [2.45, 2.75) is 6.92 Å². The predicted molar refractivity (Wildman–Crippen MR) is 60.5 cm³/mol. The van der Waals surface area contributed by atoms with Crippen LogP contribution in [0.15, 0.2) is 12.3 Å². The second kappa shape index (κ2) is 5.77. The van der Waals surface area contributed by atoms with E-state index in [1.807, 2.05) is 6.92 Å². The van der Waals surface area contributed by atoms with Crippen molar-refractivity contribution in [3.8, 4) is 0 Å². The van der Waals surface area contributed by atoms with Crippen LogP contribution in [-0.4, -0.2) is 28.7 Å². The zero-order valence-electron chi connectivity index (χ0n) is 7.53. The van der Waals surface area contributed by atoms with Gasteiger partial charge in [-0.1, -0.05) is 0 Å². The standard InChI is InChI=1S/C8H17IN2O/c1-8(2)11-4-3-9-7-10-5-6-12-9/h10-11H,1,3-7H2,2H3. The van der Waals surface area contributed by atoms with Crippen LogP contribution in [0.1, 0.15) is 6.92 Å². The molecule has 0 aromatic heterocycles. The fraction of sp³-hybridized carbons (Fsp3) is 0.750. The van der Waals surface area contributed by atoms with Crippen LogP contribution in [0.4, 0.5) is 0 Å². The molecule has 3 nitrogen and oxygen atoms in total. The molecule has 1 fully saturated rings. The molecule has 1 aliphatic heterocycles. The number of hydrogen-bond donors (Lipinski definition) is 2. The van der Waals surface area contributed by atoms with Crippen molar-refractivity contribution in [3.63, 3.8) is 0 Å².